The lowest BCUT2D eigenvalue weighted by Gasteiger charge is -2.30. The molecule has 112 valence electrons. The van der Waals surface area contributed by atoms with Gasteiger partial charge >= 0.3 is 5.97 Å². The lowest BCUT2D eigenvalue weighted by Crippen LogP contribution is -2.40. The van der Waals surface area contributed by atoms with Gasteiger partial charge in [0, 0.05) is 31.4 Å². The summed E-state index contributed by atoms with van der Waals surface area (Å²) in [6.07, 6.45) is 1.63. The first-order chi connectivity index (χ1) is 9.34. The molecule has 0 aliphatic heterocycles. The summed E-state index contributed by atoms with van der Waals surface area (Å²) in [4.78, 5) is 17.8. The number of nitrogens with one attached hydrogen (secondary N) is 1. The third-order valence-electron chi connectivity index (χ3n) is 3.36. The number of anilines is 1. The molecule has 0 spiro atoms. The maximum Gasteiger partial charge on any atom is 0.339 e. The average Bonchev–Trinajstić information content (AvgIpc) is 2.33. The Morgan fingerprint density at radius 1 is 1.35 bits per heavy atom. The molecule has 0 amide bonds. The number of aromatic nitrogens is 1. The van der Waals surface area contributed by atoms with Crippen molar-refractivity contribution in [3.05, 3.63) is 23.4 Å². The molecule has 0 aliphatic carbocycles. The van der Waals surface area contributed by atoms with Gasteiger partial charge in [-0.15, -0.1) is 0 Å². The highest BCUT2D eigenvalue weighted by molar-refractivity contribution is 5.94. The molecule has 0 atom stereocenters. The second kappa shape index (κ2) is 7.24. The summed E-state index contributed by atoms with van der Waals surface area (Å²) in [5.74, 6) is -0.493. The highest BCUT2D eigenvalue weighted by Gasteiger charge is 2.16. The number of rotatable bonds is 7. The number of hydrogen-bond donors (Lipinski definition) is 2. The summed E-state index contributed by atoms with van der Waals surface area (Å²) >= 11 is 0. The summed E-state index contributed by atoms with van der Waals surface area (Å²) in [5, 5.41) is 12.4. The molecule has 1 heterocycles. The van der Waals surface area contributed by atoms with Gasteiger partial charge in [-0.05, 0) is 46.2 Å². The summed E-state index contributed by atoms with van der Waals surface area (Å²) < 4.78 is 0. The Labute approximate surface area is 121 Å². The molecular weight excluding hydrogens is 254 g/mol. The Hall–Kier alpha value is -1.62. The van der Waals surface area contributed by atoms with Gasteiger partial charge in [0.1, 0.15) is 11.4 Å². The minimum Gasteiger partial charge on any atom is -0.478 e. The van der Waals surface area contributed by atoms with Crippen molar-refractivity contribution in [1.82, 2.24) is 9.88 Å². The largest absolute Gasteiger partial charge is 0.478 e. The summed E-state index contributed by atoms with van der Waals surface area (Å²) in [7, 11) is 0. The molecule has 5 heteroatoms. The Balaban J connectivity index is 2.71. The number of aryl methyl sites for hydroxylation is 1. The predicted molar refractivity (Wildman–Crippen MR) is 81.4 cm³/mol. The Morgan fingerprint density at radius 3 is 2.45 bits per heavy atom. The van der Waals surface area contributed by atoms with E-state index in [0.29, 0.717) is 24.4 Å². The molecule has 0 radical (unpaired) electrons. The van der Waals surface area contributed by atoms with Crippen LogP contribution in [0, 0.1) is 6.92 Å². The van der Waals surface area contributed by atoms with E-state index in [1.165, 1.54) is 0 Å². The van der Waals surface area contributed by atoms with Crippen LogP contribution in [-0.2, 0) is 0 Å². The molecule has 0 bridgehead atoms. The summed E-state index contributed by atoms with van der Waals surface area (Å²) in [5.41, 5.74) is 0.979. The smallest absolute Gasteiger partial charge is 0.339 e. The maximum atomic E-state index is 11.3. The van der Waals surface area contributed by atoms with Crippen LogP contribution in [0.2, 0.25) is 0 Å². The molecule has 0 saturated heterocycles. The van der Waals surface area contributed by atoms with E-state index in [1.54, 1.807) is 19.2 Å². The van der Waals surface area contributed by atoms with Crippen molar-refractivity contribution in [3.8, 4) is 0 Å². The number of aromatic carboxylic acids is 1. The zero-order valence-electron chi connectivity index (χ0n) is 13.0. The molecule has 5 nitrogen and oxygen atoms in total. The third-order valence-corrected chi connectivity index (χ3v) is 3.36. The second-order valence-electron chi connectivity index (χ2n) is 5.51. The lowest BCUT2D eigenvalue weighted by atomic mass is 10.1. The maximum absolute atomic E-state index is 11.3. The fraction of sp³-hybridized carbons (Fsp3) is 0.600. The summed E-state index contributed by atoms with van der Waals surface area (Å²) in [6.45, 7) is 11.9. The molecule has 0 fully saturated rings. The number of carboxylic acids is 1. The van der Waals surface area contributed by atoms with Crippen molar-refractivity contribution in [3.63, 3.8) is 0 Å². The SMILES string of the molecule is Cc1ccnc(NCCN(C(C)C)C(C)C)c1C(=O)O. The predicted octanol–water partition coefficient (Wildman–Crippen LogP) is 2.62. The van der Waals surface area contributed by atoms with Crippen LogP contribution in [0.3, 0.4) is 0 Å². The Bertz CT molecular complexity index is 450. The normalized spacial score (nSPS) is 11.4. The van der Waals surface area contributed by atoms with E-state index < -0.39 is 5.97 Å². The van der Waals surface area contributed by atoms with E-state index in [9.17, 15) is 9.90 Å². The van der Waals surface area contributed by atoms with Gasteiger partial charge in [-0.2, -0.15) is 0 Å². The molecule has 0 aliphatic rings. The third kappa shape index (κ3) is 4.20. The van der Waals surface area contributed by atoms with Crippen molar-refractivity contribution in [2.45, 2.75) is 46.7 Å². The van der Waals surface area contributed by atoms with Crippen LogP contribution in [0.15, 0.2) is 12.3 Å². The van der Waals surface area contributed by atoms with Gasteiger partial charge in [0.15, 0.2) is 0 Å². The average molecular weight is 279 g/mol. The monoisotopic (exact) mass is 279 g/mol. The fourth-order valence-corrected chi connectivity index (χ4v) is 2.38. The number of nitrogens with zero attached hydrogens (tertiary/aromatic N) is 2. The van der Waals surface area contributed by atoms with E-state index >= 15 is 0 Å². The van der Waals surface area contributed by atoms with Gasteiger partial charge < -0.3 is 10.4 Å². The van der Waals surface area contributed by atoms with Crippen LogP contribution in [0.25, 0.3) is 0 Å². The molecule has 2 N–H and O–H groups in total. The van der Waals surface area contributed by atoms with Crippen molar-refractivity contribution >= 4 is 11.8 Å². The first kappa shape index (κ1) is 16.4. The van der Waals surface area contributed by atoms with Gasteiger partial charge in [-0.3, -0.25) is 4.90 Å². The van der Waals surface area contributed by atoms with Gasteiger partial charge in [-0.25, -0.2) is 9.78 Å². The van der Waals surface area contributed by atoms with E-state index in [2.05, 4.69) is 42.9 Å². The quantitative estimate of drug-likeness (QED) is 0.803. The number of carboxylic acid groups (broad SMARTS) is 1. The van der Waals surface area contributed by atoms with Crippen LogP contribution in [0.1, 0.15) is 43.6 Å². The molecular formula is C15H25N3O2. The van der Waals surface area contributed by atoms with E-state index in [4.69, 9.17) is 0 Å². The first-order valence-corrected chi connectivity index (χ1v) is 7.03. The van der Waals surface area contributed by atoms with Crippen LogP contribution >= 0.6 is 0 Å². The molecule has 1 aromatic heterocycles. The highest BCUT2D eigenvalue weighted by atomic mass is 16.4. The molecule has 0 aromatic carbocycles. The van der Waals surface area contributed by atoms with Gasteiger partial charge in [0.25, 0.3) is 0 Å². The van der Waals surface area contributed by atoms with Crippen molar-refractivity contribution in [1.29, 1.82) is 0 Å². The van der Waals surface area contributed by atoms with Gasteiger partial charge in [0.2, 0.25) is 0 Å². The Kier molecular flexibility index (Phi) is 5.95. The van der Waals surface area contributed by atoms with Crippen molar-refractivity contribution in [2.24, 2.45) is 0 Å². The van der Waals surface area contributed by atoms with Crippen LogP contribution in [0.5, 0.6) is 0 Å². The standard InChI is InChI=1S/C15H25N3O2/c1-10(2)18(11(3)4)9-8-17-14-13(15(19)20)12(5)6-7-16-14/h6-7,10-11H,8-9H2,1-5H3,(H,16,17)(H,19,20). The van der Waals surface area contributed by atoms with Crippen molar-refractivity contribution < 1.29 is 9.90 Å². The van der Waals surface area contributed by atoms with Crippen molar-refractivity contribution in [2.75, 3.05) is 18.4 Å². The topological polar surface area (TPSA) is 65.5 Å². The second-order valence-corrected chi connectivity index (χ2v) is 5.51. The molecule has 0 unspecified atom stereocenters. The highest BCUT2D eigenvalue weighted by Crippen LogP contribution is 2.16. The number of carbonyl (C=O) groups is 1. The number of pyridine rings is 1. The minimum absolute atomic E-state index is 0.258. The lowest BCUT2D eigenvalue weighted by molar-refractivity contribution is 0.0696. The molecule has 1 aromatic rings. The molecule has 0 saturated carbocycles. The van der Waals surface area contributed by atoms with E-state index in [1.807, 2.05) is 0 Å². The Morgan fingerprint density at radius 2 is 1.95 bits per heavy atom. The number of hydrogen-bond acceptors (Lipinski definition) is 4. The van der Waals surface area contributed by atoms with Crippen LogP contribution in [0.4, 0.5) is 5.82 Å². The minimum atomic E-state index is -0.942. The molecule has 1 rings (SSSR count). The van der Waals surface area contributed by atoms with Gasteiger partial charge in [0.05, 0.1) is 0 Å². The fourth-order valence-electron chi connectivity index (χ4n) is 2.38. The zero-order valence-corrected chi connectivity index (χ0v) is 13.0. The summed E-state index contributed by atoms with van der Waals surface area (Å²) in [6, 6.07) is 2.63. The van der Waals surface area contributed by atoms with Crippen LogP contribution < -0.4 is 5.32 Å². The zero-order chi connectivity index (χ0) is 15.3. The first-order valence-electron chi connectivity index (χ1n) is 7.03. The van der Waals surface area contributed by atoms with E-state index in [0.717, 1.165) is 12.1 Å². The van der Waals surface area contributed by atoms with Crippen LogP contribution in [-0.4, -0.2) is 46.1 Å². The molecule has 20 heavy (non-hydrogen) atoms. The van der Waals surface area contributed by atoms with E-state index in [-0.39, 0.29) is 5.56 Å². The van der Waals surface area contributed by atoms with Gasteiger partial charge in [-0.1, -0.05) is 0 Å².